The van der Waals surface area contributed by atoms with Gasteiger partial charge in [-0.15, -0.1) is 11.8 Å². The average Bonchev–Trinajstić information content (AvgIpc) is 2.15. The summed E-state index contributed by atoms with van der Waals surface area (Å²) < 4.78 is 1.03. The number of benzene rings is 1. The summed E-state index contributed by atoms with van der Waals surface area (Å²) in [4.78, 5) is 12.5. The van der Waals surface area contributed by atoms with Gasteiger partial charge in [-0.1, -0.05) is 12.1 Å². The molecule has 0 atom stereocenters. The first-order chi connectivity index (χ1) is 7.09. The van der Waals surface area contributed by atoms with Crippen molar-refractivity contribution in [2.45, 2.75) is 24.8 Å². The lowest BCUT2D eigenvalue weighted by Gasteiger charge is -2.08. The maximum absolute atomic E-state index is 11.4. The van der Waals surface area contributed by atoms with E-state index in [0.717, 1.165) is 9.37 Å². The van der Waals surface area contributed by atoms with Crippen LogP contribution in [0.2, 0.25) is 0 Å². The fourth-order valence-corrected chi connectivity index (χ4v) is 2.45. The van der Waals surface area contributed by atoms with Crippen LogP contribution in [0.1, 0.15) is 13.8 Å². The number of halogens is 1. The molecule has 1 aromatic carbocycles. The highest BCUT2D eigenvalue weighted by Gasteiger charge is 2.05. The van der Waals surface area contributed by atoms with E-state index < -0.39 is 0 Å². The summed E-state index contributed by atoms with van der Waals surface area (Å²) in [6, 6.07) is 8.10. The number of rotatable bonds is 4. The smallest absolute Gasteiger partial charge is 0.230 e. The lowest BCUT2D eigenvalue weighted by atomic mass is 10.4. The summed E-state index contributed by atoms with van der Waals surface area (Å²) in [6.07, 6.45) is 0. The first kappa shape index (κ1) is 12.6. The highest BCUT2D eigenvalue weighted by atomic mass is 79.9. The summed E-state index contributed by atoms with van der Waals surface area (Å²) in [6.45, 7) is 3.92. The molecule has 15 heavy (non-hydrogen) atoms. The molecule has 0 aliphatic carbocycles. The van der Waals surface area contributed by atoms with Gasteiger partial charge < -0.3 is 5.32 Å². The molecule has 1 N–H and O–H groups in total. The molecule has 4 heteroatoms. The maximum atomic E-state index is 11.4. The van der Waals surface area contributed by atoms with Crippen molar-refractivity contribution < 1.29 is 4.79 Å². The zero-order chi connectivity index (χ0) is 11.3. The predicted octanol–water partition coefficient (Wildman–Crippen LogP) is 3.07. The van der Waals surface area contributed by atoms with Gasteiger partial charge >= 0.3 is 0 Å². The van der Waals surface area contributed by atoms with Crippen LogP contribution in [0.25, 0.3) is 0 Å². The lowest BCUT2D eigenvalue weighted by molar-refractivity contribution is -0.119. The lowest BCUT2D eigenvalue weighted by Crippen LogP contribution is -2.31. The second-order valence-electron chi connectivity index (χ2n) is 3.44. The van der Waals surface area contributed by atoms with Crippen molar-refractivity contribution in [2.24, 2.45) is 0 Å². The molecule has 0 spiro atoms. The van der Waals surface area contributed by atoms with Crippen LogP contribution in [0.3, 0.4) is 0 Å². The van der Waals surface area contributed by atoms with Gasteiger partial charge in [0.15, 0.2) is 0 Å². The Labute approximate surface area is 103 Å². The average molecular weight is 288 g/mol. The molecule has 1 rings (SSSR count). The van der Waals surface area contributed by atoms with Gasteiger partial charge in [0.25, 0.3) is 0 Å². The fourth-order valence-electron chi connectivity index (χ4n) is 1.07. The van der Waals surface area contributed by atoms with Crippen molar-refractivity contribution in [1.29, 1.82) is 0 Å². The number of carbonyl (C=O) groups excluding carboxylic acids is 1. The number of nitrogens with one attached hydrogen (secondary N) is 1. The minimum absolute atomic E-state index is 0.0748. The van der Waals surface area contributed by atoms with E-state index in [4.69, 9.17) is 0 Å². The molecule has 0 bridgehead atoms. The highest BCUT2D eigenvalue weighted by molar-refractivity contribution is 9.10. The summed E-state index contributed by atoms with van der Waals surface area (Å²) in [5.74, 6) is 0.534. The number of hydrogen-bond donors (Lipinski definition) is 1. The predicted molar refractivity (Wildman–Crippen MR) is 68.1 cm³/mol. The van der Waals surface area contributed by atoms with Crippen molar-refractivity contribution in [1.82, 2.24) is 5.32 Å². The number of carbonyl (C=O) groups is 1. The Morgan fingerprint density at radius 3 is 2.73 bits per heavy atom. The Morgan fingerprint density at radius 2 is 2.13 bits per heavy atom. The van der Waals surface area contributed by atoms with E-state index in [9.17, 15) is 4.79 Å². The van der Waals surface area contributed by atoms with Gasteiger partial charge in [0.2, 0.25) is 5.91 Å². The Bertz CT molecular complexity index is 341. The molecular formula is C11H14BrNOS. The fraction of sp³-hybridized carbons (Fsp3) is 0.364. The molecule has 0 saturated heterocycles. The van der Waals surface area contributed by atoms with Crippen LogP contribution in [0.4, 0.5) is 0 Å². The SMILES string of the molecule is CC(C)NC(=O)CSc1ccccc1Br. The summed E-state index contributed by atoms with van der Waals surface area (Å²) in [5.41, 5.74) is 0. The van der Waals surface area contributed by atoms with Gasteiger partial charge in [-0.05, 0) is 41.9 Å². The van der Waals surface area contributed by atoms with Crippen molar-refractivity contribution >= 4 is 33.6 Å². The van der Waals surface area contributed by atoms with Crippen LogP contribution in [0.15, 0.2) is 33.6 Å². The molecule has 82 valence electrons. The van der Waals surface area contributed by atoms with Crippen LogP contribution in [0.5, 0.6) is 0 Å². The van der Waals surface area contributed by atoms with Gasteiger partial charge in [-0.2, -0.15) is 0 Å². The molecule has 0 heterocycles. The topological polar surface area (TPSA) is 29.1 Å². The Balaban J connectivity index is 2.44. The summed E-state index contributed by atoms with van der Waals surface area (Å²) >= 11 is 4.98. The van der Waals surface area contributed by atoms with Crippen molar-refractivity contribution in [2.75, 3.05) is 5.75 Å². The van der Waals surface area contributed by atoms with Crippen molar-refractivity contribution in [3.63, 3.8) is 0 Å². The van der Waals surface area contributed by atoms with Gasteiger partial charge in [0, 0.05) is 15.4 Å². The van der Waals surface area contributed by atoms with E-state index in [-0.39, 0.29) is 11.9 Å². The zero-order valence-corrected chi connectivity index (χ0v) is 11.2. The first-order valence-electron chi connectivity index (χ1n) is 4.76. The minimum atomic E-state index is 0.0748. The third-order valence-corrected chi connectivity index (χ3v) is 3.67. The van der Waals surface area contributed by atoms with E-state index in [2.05, 4.69) is 21.2 Å². The van der Waals surface area contributed by atoms with Gasteiger partial charge in [-0.3, -0.25) is 4.79 Å². The number of hydrogen-bond acceptors (Lipinski definition) is 2. The maximum Gasteiger partial charge on any atom is 0.230 e. The third-order valence-electron chi connectivity index (χ3n) is 1.65. The third kappa shape index (κ3) is 4.71. The summed E-state index contributed by atoms with van der Waals surface area (Å²) in [5, 5.41) is 2.86. The van der Waals surface area contributed by atoms with Gasteiger partial charge in [0.05, 0.1) is 5.75 Å². The molecule has 1 aromatic rings. The van der Waals surface area contributed by atoms with Crippen molar-refractivity contribution in [3.8, 4) is 0 Å². The minimum Gasteiger partial charge on any atom is -0.353 e. The Kier molecular flexibility index (Phi) is 5.19. The van der Waals surface area contributed by atoms with Gasteiger partial charge in [0.1, 0.15) is 0 Å². The van der Waals surface area contributed by atoms with E-state index in [1.165, 1.54) is 11.8 Å². The zero-order valence-electron chi connectivity index (χ0n) is 8.79. The van der Waals surface area contributed by atoms with E-state index in [1.54, 1.807) is 0 Å². The first-order valence-corrected chi connectivity index (χ1v) is 6.54. The van der Waals surface area contributed by atoms with Crippen LogP contribution in [0, 0.1) is 0 Å². The molecular weight excluding hydrogens is 274 g/mol. The normalized spacial score (nSPS) is 10.4. The molecule has 0 aromatic heterocycles. The molecule has 0 radical (unpaired) electrons. The number of amides is 1. The Morgan fingerprint density at radius 1 is 1.47 bits per heavy atom. The molecule has 1 amide bonds. The van der Waals surface area contributed by atoms with Crippen LogP contribution < -0.4 is 5.32 Å². The van der Waals surface area contributed by atoms with E-state index in [0.29, 0.717) is 5.75 Å². The molecule has 0 unspecified atom stereocenters. The largest absolute Gasteiger partial charge is 0.353 e. The standard InChI is InChI=1S/C11H14BrNOS/c1-8(2)13-11(14)7-15-10-6-4-3-5-9(10)12/h3-6,8H,7H2,1-2H3,(H,13,14). The molecule has 0 aliphatic rings. The van der Waals surface area contributed by atoms with Crippen LogP contribution >= 0.6 is 27.7 Å². The monoisotopic (exact) mass is 287 g/mol. The summed E-state index contributed by atoms with van der Waals surface area (Å²) in [7, 11) is 0. The molecule has 2 nitrogen and oxygen atoms in total. The molecule has 0 fully saturated rings. The van der Waals surface area contributed by atoms with Crippen LogP contribution in [-0.2, 0) is 4.79 Å². The van der Waals surface area contributed by atoms with E-state index >= 15 is 0 Å². The molecule has 0 aliphatic heterocycles. The van der Waals surface area contributed by atoms with Gasteiger partial charge in [-0.25, -0.2) is 0 Å². The highest BCUT2D eigenvalue weighted by Crippen LogP contribution is 2.26. The van der Waals surface area contributed by atoms with Crippen LogP contribution in [-0.4, -0.2) is 17.7 Å². The van der Waals surface area contributed by atoms with Crippen molar-refractivity contribution in [3.05, 3.63) is 28.7 Å². The second kappa shape index (κ2) is 6.18. The van der Waals surface area contributed by atoms with E-state index in [1.807, 2.05) is 38.1 Å². The quantitative estimate of drug-likeness (QED) is 0.863. The second-order valence-corrected chi connectivity index (χ2v) is 5.31. The molecule has 0 saturated carbocycles. The Hall–Kier alpha value is -0.480. The number of thioether (sulfide) groups is 1.